The Labute approximate surface area is 173 Å². The molecule has 5 nitrogen and oxygen atoms in total. The molecule has 1 heterocycles. The van der Waals surface area contributed by atoms with Gasteiger partial charge in [-0.3, -0.25) is 9.69 Å². The summed E-state index contributed by atoms with van der Waals surface area (Å²) in [7, 11) is 0. The van der Waals surface area contributed by atoms with Gasteiger partial charge < -0.3 is 9.84 Å². The van der Waals surface area contributed by atoms with Crippen LogP contribution in [0.1, 0.15) is 26.3 Å². The van der Waals surface area contributed by atoms with E-state index in [2.05, 4.69) is 4.99 Å². The van der Waals surface area contributed by atoms with E-state index in [1.54, 1.807) is 23.1 Å². The molecule has 2 aromatic carbocycles. The van der Waals surface area contributed by atoms with E-state index < -0.39 is 0 Å². The Hall–Kier alpha value is -2.44. The number of phenols is 1. The third-order valence-electron chi connectivity index (χ3n) is 3.98. The Kier molecular flexibility index (Phi) is 6.31. The maximum absolute atomic E-state index is 13.0. The van der Waals surface area contributed by atoms with Gasteiger partial charge in [0, 0.05) is 6.04 Å². The predicted molar refractivity (Wildman–Crippen MR) is 115 cm³/mol. The summed E-state index contributed by atoms with van der Waals surface area (Å²) < 4.78 is 5.42. The lowest BCUT2D eigenvalue weighted by Gasteiger charge is -2.19. The monoisotopic (exact) mass is 416 g/mol. The SMILES string of the molecule is CCOc1cc(/C=C2/SC(=Nc3ccccc3)N(C(C)C)C2=O)cc(Cl)c1O. The lowest BCUT2D eigenvalue weighted by molar-refractivity contribution is -0.123. The topological polar surface area (TPSA) is 62.1 Å². The Bertz CT molecular complexity index is 942. The average molecular weight is 417 g/mol. The number of aliphatic imine (C=N–C) groups is 1. The molecule has 1 aliphatic heterocycles. The number of rotatable bonds is 5. The lowest BCUT2D eigenvalue weighted by Crippen LogP contribution is -2.35. The maximum atomic E-state index is 13.0. The minimum absolute atomic E-state index is 0.0317. The number of hydrogen-bond donors (Lipinski definition) is 1. The van der Waals surface area contributed by atoms with Crippen LogP contribution in [0.4, 0.5) is 5.69 Å². The number of nitrogens with zero attached hydrogens (tertiary/aromatic N) is 2. The molecule has 0 aliphatic carbocycles. The normalized spacial score (nSPS) is 17.2. The van der Waals surface area contributed by atoms with E-state index in [0.29, 0.717) is 22.2 Å². The molecule has 0 radical (unpaired) electrons. The molecular formula is C21H21ClN2O3S. The number of ether oxygens (including phenoxy) is 1. The van der Waals surface area contributed by atoms with Crippen LogP contribution in [0.3, 0.4) is 0 Å². The number of aromatic hydroxyl groups is 1. The van der Waals surface area contributed by atoms with Gasteiger partial charge in [-0.2, -0.15) is 0 Å². The van der Waals surface area contributed by atoms with Crippen LogP contribution in [0.2, 0.25) is 5.02 Å². The van der Waals surface area contributed by atoms with Gasteiger partial charge in [0.05, 0.1) is 22.2 Å². The number of amides is 1. The molecule has 0 bridgehead atoms. The van der Waals surface area contributed by atoms with Crippen molar-refractivity contribution in [2.45, 2.75) is 26.8 Å². The van der Waals surface area contributed by atoms with E-state index in [9.17, 15) is 9.90 Å². The van der Waals surface area contributed by atoms with Crippen LogP contribution in [0, 0.1) is 0 Å². The molecule has 1 saturated heterocycles. The van der Waals surface area contributed by atoms with Gasteiger partial charge in [-0.1, -0.05) is 29.8 Å². The summed E-state index contributed by atoms with van der Waals surface area (Å²) in [6.07, 6.45) is 1.74. The average Bonchev–Trinajstić information content (AvgIpc) is 2.95. The van der Waals surface area contributed by atoms with Gasteiger partial charge in [0.1, 0.15) is 0 Å². The second-order valence-corrected chi connectivity index (χ2v) is 7.81. The fraction of sp³-hybridized carbons (Fsp3) is 0.238. The molecule has 1 amide bonds. The molecule has 28 heavy (non-hydrogen) atoms. The van der Waals surface area contributed by atoms with Crippen LogP contribution in [0.15, 0.2) is 52.4 Å². The minimum Gasteiger partial charge on any atom is -0.503 e. The molecule has 0 atom stereocenters. The molecular weight excluding hydrogens is 396 g/mol. The van der Waals surface area contributed by atoms with Crippen molar-refractivity contribution in [2.75, 3.05) is 6.61 Å². The molecule has 3 rings (SSSR count). The van der Waals surface area contributed by atoms with Crippen molar-refractivity contribution in [2.24, 2.45) is 4.99 Å². The fourth-order valence-corrected chi connectivity index (χ4v) is 4.07. The number of thioether (sulfide) groups is 1. The van der Waals surface area contributed by atoms with Gasteiger partial charge in [-0.25, -0.2) is 4.99 Å². The van der Waals surface area contributed by atoms with E-state index >= 15 is 0 Å². The Morgan fingerprint density at radius 2 is 2.00 bits per heavy atom. The third-order valence-corrected chi connectivity index (χ3v) is 5.25. The number of carbonyl (C=O) groups excluding carboxylic acids is 1. The Balaban J connectivity index is 1.99. The van der Waals surface area contributed by atoms with Crippen LogP contribution in [0.5, 0.6) is 11.5 Å². The van der Waals surface area contributed by atoms with Crippen molar-refractivity contribution in [1.82, 2.24) is 4.90 Å². The number of benzene rings is 2. The lowest BCUT2D eigenvalue weighted by atomic mass is 10.1. The summed E-state index contributed by atoms with van der Waals surface area (Å²) in [5.41, 5.74) is 1.46. The molecule has 146 valence electrons. The molecule has 1 fully saturated rings. The van der Waals surface area contributed by atoms with Gasteiger partial charge in [-0.15, -0.1) is 0 Å². The van der Waals surface area contributed by atoms with Crippen molar-refractivity contribution >= 4 is 46.2 Å². The van der Waals surface area contributed by atoms with Crippen molar-refractivity contribution in [3.63, 3.8) is 0 Å². The quantitative estimate of drug-likeness (QED) is 0.657. The number of para-hydroxylation sites is 1. The molecule has 0 saturated carbocycles. The number of halogens is 1. The zero-order valence-corrected chi connectivity index (χ0v) is 17.4. The highest BCUT2D eigenvalue weighted by Gasteiger charge is 2.35. The summed E-state index contributed by atoms with van der Waals surface area (Å²) in [4.78, 5) is 19.8. The van der Waals surface area contributed by atoms with E-state index in [0.717, 1.165) is 5.69 Å². The number of hydrogen-bond acceptors (Lipinski definition) is 5. The van der Waals surface area contributed by atoms with Crippen LogP contribution in [-0.2, 0) is 4.79 Å². The van der Waals surface area contributed by atoms with Crippen molar-refractivity contribution in [3.8, 4) is 11.5 Å². The highest BCUT2D eigenvalue weighted by atomic mass is 35.5. The van der Waals surface area contributed by atoms with E-state index in [4.69, 9.17) is 16.3 Å². The first kappa shape index (κ1) is 20.3. The second kappa shape index (κ2) is 8.71. The van der Waals surface area contributed by atoms with Crippen LogP contribution in [-0.4, -0.2) is 33.7 Å². The first-order valence-corrected chi connectivity index (χ1v) is 10.1. The minimum atomic E-state index is -0.114. The fourth-order valence-electron chi connectivity index (χ4n) is 2.73. The first-order chi connectivity index (χ1) is 13.4. The largest absolute Gasteiger partial charge is 0.503 e. The number of carbonyl (C=O) groups is 1. The maximum Gasteiger partial charge on any atom is 0.266 e. The smallest absolute Gasteiger partial charge is 0.266 e. The molecule has 7 heteroatoms. The zero-order valence-electron chi connectivity index (χ0n) is 15.8. The van der Waals surface area contributed by atoms with Gasteiger partial charge in [-0.05, 0) is 68.4 Å². The van der Waals surface area contributed by atoms with Crippen LogP contribution in [0.25, 0.3) is 6.08 Å². The predicted octanol–water partition coefficient (Wildman–Crippen LogP) is 5.46. The summed E-state index contributed by atoms with van der Waals surface area (Å²) in [5, 5.41) is 10.8. The molecule has 2 aromatic rings. The summed E-state index contributed by atoms with van der Waals surface area (Å²) in [6.45, 7) is 6.12. The number of amidine groups is 1. The van der Waals surface area contributed by atoms with Gasteiger partial charge in [0.2, 0.25) is 0 Å². The molecule has 0 spiro atoms. The molecule has 1 aliphatic rings. The van der Waals surface area contributed by atoms with E-state index in [1.807, 2.05) is 51.1 Å². The molecule has 0 aromatic heterocycles. The molecule has 1 N–H and O–H groups in total. The highest BCUT2D eigenvalue weighted by molar-refractivity contribution is 8.18. The molecule has 0 unspecified atom stereocenters. The van der Waals surface area contributed by atoms with E-state index in [-0.39, 0.29) is 28.5 Å². The summed E-state index contributed by atoms with van der Waals surface area (Å²) in [6, 6.07) is 12.8. The van der Waals surface area contributed by atoms with Gasteiger partial charge in [0.15, 0.2) is 16.7 Å². The third kappa shape index (κ3) is 4.34. The Morgan fingerprint density at radius 1 is 1.29 bits per heavy atom. The van der Waals surface area contributed by atoms with Crippen molar-refractivity contribution in [1.29, 1.82) is 0 Å². The van der Waals surface area contributed by atoms with Gasteiger partial charge >= 0.3 is 0 Å². The van der Waals surface area contributed by atoms with Crippen molar-refractivity contribution in [3.05, 3.63) is 58.0 Å². The van der Waals surface area contributed by atoms with Crippen molar-refractivity contribution < 1.29 is 14.6 Å². The van der Waals surface area contributed by atoms with E-state index in [1.165, 1.54) is 11.8 Å². The highest BCUT2D eigenvalue weighted by Crippen LogP contribution is 2.39. The summed E-state index contributed by atoms with van der Waals surface area (Å²) in [5.74, 6) is 0.0687. The van der Waals surface area contributed by atoms with Crippen LogP contribution >= 0.6 is 23.4 Å². The second-order valence-electron chi connectivity index (χ2n) is 6.39. The van der Waals surface area contributed by atoms with Gasteiger partial charge in [0.25, 0.3) is 5.91 Å². The Morgan fingerprint density at radius 3 is 2.64 bits per heavy atom. The number of phenolic OH excluding ortho intramolecular Hbond substituents is 1. The zero-order chi connectivity index (χ0) is 20.3. The first-order valence-electron chi connectivity index (χ1n) is 8.92. The standard InChI is InChI=1S/C21H21ClN2O3S/c1-4-27-17-11-14(10-16(22)19(17)25)12-18-20(26)24(13(2)3)21(28-18)23-15-8-6-5-7-9-15/h5-13,25H,4H2,1-3H3/b18-12+,23-21?. The van der Waals surface area contributed by atoms with Crippen LogP contribution < -0.4 is 4.74 Å². The summed E-state index contributed by atoms with van der Waals surface area (Å²) >= 11 is 7.42.